The van der Waals surface area contributed by atoms with Crippen molar-refractivity contribution in [3.8, 4) is 5.75 Å². The van der Waals surface area contributed by atoms with Gasteiger partial charge >= 0.3 is 0 Å². The molecule has 1 rings (SSSR count). The molecular formula is C15H25NO2. The molecule has 0 aliphatic heterocycles. The van der Waals surface area contributed by atoms with Crippen molar-refractivity contribution in [1.29, 1.82) is 0 Å². The van der Waals surface area contributed by atoms with E-state index in [-0.39, 0.29) is 0 Å². The highest BCUT2D eigenvalue weighted by molar-refractivity contribution is 5.27. The van der Waals surface area contributed by atoms with E-state index in [0.717, 1.165) is 38.2 Å². The summed E-state index contributed by atoms with van der Waals surface area (Å²) in [7, 11) is 3.71. The first-order chi connectivity index (χ1) is 8.80. The van der Waals surface area contributed by atoms with E-state index in [0.29, 0.717) is 6.04 Å². The minimum Gasteiger partial charge on any atom is -0.497 e. The molecule has 0 aliphatic carbocycles. The number of rotatable bonds is 9. The molecule has 0 amide bonds. The Morgan fingerprint density at radius 1 is 1.17 bits per heavy atom. The molecule has 102 valence electrons. The number of aryl methyl sites for hydroxylation is 1. The lowest BCUT2D eigenvalue weighted by molar-refractivity contribution is 0.136. The number of ether oxygens (including phenoxy) is 2. The maximum atomic E-state index is 5.39. The van der Waals surface area contributed by atoms with Crippen LogP contribution >= 0.6 is 0 Å². The van der Waals surface area contributed by atoms with Crippen molar-refractivity contribution in [2.75, 3.05) is 27.4 Å². The quantitative estimate of drug-likeness (QED) is 0.684. The summed E-state index contributed by atoms with van der Waals surface area (Å²) in [4.78, 5) is 0. The predicted octanol–water partition coefficient (Wildman–Crippen LogP) is 2.64. The fourth-order valence-corrected chi connectivity index (χ4v) is 1.94. The summed E-state index contributed by atoms with van der Waals surface area (Å²) in [6.07, 6.45) is 3.29. The molecule has 3 nitrogen and oxygen atoms in total. The normalized spacial score (nSPS) is 12.4. The number of nitrogens with one attached hydrogen (secondary N) is 1. The van der Waals surface area contributed by atoms with Crippen molar-refractivity contribution in [2.45, 2.75) is 32.2 Å². The predicted molar refractivity (Wildman–Crippen MR) is 75.3 cm³/mol. The molecule has 0 saturated heterocycles. The third-order valence-corrected chi connectivity index (χ3v) is 3.16. The molecule has 1 aromatic carbocycles. The molecule has 0 heterocycles. The Kier molecular flexibility index (Phi) is 7.46. The van der Waals surface area contributed by atoms with Crippen LogP contribution in [-0.4, -0.2) is 33.4 Å². The van der Waals surface area contributed by atoms with Gasteiger partial charge in [-0.3, -0.25) is 0 Å². The first-order valence-electron chi connectivity index (χ1n) is 6.68. The van der Waals surface area contributed by atoms with Gasteiger partial charge in [0.05, 0.1) is 7.11 Å². The first-order valence-corrected chi connectivity index (χ1v) is 6.68. The van der Waals surface area contributed by atoms with E-state index in [1.165, 1.54) is 5.56 Å². The molecule has 1 unspecified atom stereocenters. The van der Waals surface area contributed by atoms with Crippen molar-refractivity contribution >= 4 is 0 Å². The van der Waals surface area contributed by atoms with Crippen LogP contribution in [0.15, 0.2) is 24.3 Å². The van der Waals surface area contributed by atoms with Gasteiger partial charge in [0, 0.05) is 19.3 Å². The maximum Gasteiger partial charge on any atom is 0.118 e. The zero-order chi connectivity index (χ0) is 13.2. The molecule has 18 heavy (non-hydrogen) atoms. The van der Waals surface area contributed by atoms with Gasteiger partial charge in [0.1, 0.15) is 5.75 Å². The van der Waals surface area contributed by atoms with Gasteiger partial charge < -0.3 is 14.8 Å². The maximum absolute atomic E-state index is 5.39. The fourth-order valence-electron chi connectivity index (χ4n) is 1.94. The van der Waals surface area contributed by atoms with Gasteiger partial charge in [-0.1, -0.05) is 12.1 Å². The average molecular weight is 251 g/mol. The molecular weight excluding hydrogens is 226 g/mol. The molecule has 0 fully saturated rings. The lowest BCUT2D eigenvalue weighted by Gasteiger charge is -2.16. The zero-order valence-electron chi connectivity index (χ0n) is 11.7. The highest BCUT2D eigenvalue weighted by atomic mass is 16.5. The van der Waals surface area contributed by atoms with Crippen LogP contribution in [0.2, 0.25) is 0 Å². The van der Waals surface area contributed by atoms with Gasteiger partial charge in [0.25, 0.3) is 0 Å². The van der Waals surface area contributed by atoms with Crippen molar-refractivity contribution in [2.24, 2.45) is 0 Å². The summed E-state index contributed by atoms with van der Waals surface area (Å²) in [5, 5.41) is 3.35. The molecule has 3 heteroatoms. The number of hydrogen-bond acceptors (Lipinski definition) is 3. The van der Waals surface area contributed by atoms with E-state index in [4.69, 9.17) is 9.47 Å². The molecule has 0 bridgehead atoms. The summed E-state index contributed by atoms with van der Waals surface area (Å²) >= 11 is 0. The van der Waals surface area contributed by atoms with Crippen LogP contribution in [-0.2, 0) is 11.2 Å². The van der Waals surface area contributed by atoms with Crippen molar-refractivity contribution in [3.05, 3.63) is 29.8 Å². The van der Waals surface area contributed by atoms with E-state index in [1.54, 1.807) is 7.11 Å². The Balaban J connectivity index is 2.32. The van der Waals surface area contributed by atoms with Gasteiger partial charge in [0.15, 0.2) is 0 Å². The third kappa shape index (κ3) is 5.52. The molecule has 0 radical (unpaired) electrons. The Morgan fingerprint density at radius 2 is 1.89 bits per heavy atom. The van der Waals surface area contributed by atoms with Crippen LogP contribution in [0.1, 0.15) is 25.3 Å². The van der Waals surface area contributed by atoms with Gasteiger partial charge in [0.2, 0.25) is 0 Å². The highest BCUT2D eigenvalue weighted by Gasteiger charge is 2.06. The van der Waals surface area contributed by atoms with Gasteiger partial charge in [-0.25, -0.2) is 0 Å². The van der Waals surface area contributed by atoms with Crippen LogP contribution in [0, 0.1) is 0 Å². The molecule has 1 aromatic rings. The number of methoxy groups -OCH3 is 1. The topological polar surface area (TPSA) is 30.5 Å². The van der Waals surface area contributed by atoms with Crippen molar-refractivity contribution < 1.29 is 9.47 Å². The highest BCUT2D eigenvalue weighted by Crippen LogP contribution is 2.13. The van der Waals surface area contributed by atoms with E-state index < -0.39 is 0 Å². The van der Waals surface area contributed by atoms with E-state index in [9.17, 15) is 0 Å². The van der Waals surface area contributed by atoms with Crippen molar-refractivity contribution in [1.82, 2.24) is 5.32 Å². The number of hydrogen-bond donors (Lipinski definition) is 1. The van der Waals surface area contributed by atoms with Crippen LogP contribution in [0.4, 0.5) is 0 Å². The lowest BCUT2D eigenvalue weighted by Crippen LogP contribution is -2.27. The van der Waals surface area contributed by atoms with Gasteiger partial charge in [-0.2, -0.15) is 0 Å². The van der Waals surface area contributed by atoms with E-state index in [2.05, 4.69) is 17.4 Å². The minimum atomic E-state index is 0.527. The van der Waals surface area contributed by atoms with Crippen molar-refractivity contribution in [3.63, 3.8) is 0 Å². The molecule has 0 saturated carbocycles. The van der Waals surface area contributed by atoms with Crippen LogP contribution < -0.4 is 10.1 Å². The average Bonchev–Trinajstić information content (AvgIpc) is 2.43. The minimum absolute atomic E-state index is 0.527. The molecule has 1 N–H and O–H groups in total. The van der Waals surface area contributed by atoms with Crippen LogP contribution in [0.25, 0.3) is 0 Å². The molecule has 1 atom stereocenters. The van der Waals surface area contributed by atoms with Gasteiger partial charge in [-0.05, 0) is 50.9 Å². The van der Waals surface area contributed by atoms with Crippen LogP contribution in [0.3, 0.4) is 0 Å². The Hall–Kier alpha value is -1.06. The summed E-state index contributed by atoms with van der Waals surface area (Å²) in [6, 6.07) is 8.83. The second-order valence-corrected chi connectivity index (χ2v) is 4.36. The Labute approximate surface area is 110 Å². The van der Waals surface area contributed by atoms with E-state index >= 15 is 0 Å². The second kappa shape index (κ2) is 8.95. The molecule has 0 spiro atoms. The Morgan fingerprint density at radius 3 is 2.44 bits per heavy atom. The first kappa shape index (κ1) is 15.0. The number of benzene rings is 1. The summed E-state index contributed by atoms with van der Waals surface area (Å²) in [5.74, 6) is 0.917. The molecule has 0 aromatic heterocycles. The zero-order valence-corrected chi connectivity index (χ0v) is 11.7. The monoisotopic (exact) mass is 251 g/mol. The summed E-state index contributed by atoms with van der Waals surface area (Å²) in [6.45, 7) is 3.67. The fraction of sp³-hybridized carbons (Fsp3) is 0.600. The third-order valence-electron chi connectivity index (χ3n) is 3.16. The smallest absolute Gasteiger partial charge is 0.118 e. The van der Waals surface area contributed by atoms with E-state index in [1.807, 2.05) is 26.1 Å². The van der Waals surface area contributed by atoms with Gasteiger partial charge in [-0.15, -0.1) is 0 Å². The van der Waals surface area contributed by atoms with Crippen LogP contribution in [0.5, 0.6) is 5.75 Å². The standard InChI is InChI=1S/C15H25NO2/c1-4-18-12-11-14(16-2)8-5-13-6-9-15(17-3)10-7-13/h6-7,9-10,14,16H,4-5,8,11-12H2,1-3H3. The molecule has 0 aliphatic rings. The second-order valence-electron chi connectivity index (χ2n) is 4.36. The lowest BCUT2D eigenvalue weighted by atomic mass is 10.0. The largest absolute Gasteiger partial charge is 0.497 e. The summed E-state index contributed by atoms with van der Waals surface area (Å²) in [5.41, 5.74) is 1.35. The SMILES string of the molecule is CCOCCC(CCc1ccc(OC)cc1)NC. The Bertz CT molecular complexity index is 311. The summed E-state index contributed by atoms with van der Waals surface area (Å²) < 4.78 is 10.5.